The number of benzene rings is 10. The van der Waals surface area contributed by atoms with Gasteiger partial charge in [-0.1, -0.05) is 146 Å². The largest absolute Gasteiger partial charge is 0.456 e. The molecule has 0 fully saturated rings. The third-order valence-corrected chi connectivity index (χ3v) is 10.8. The van der Waals surface area contributed by atoms with E-state index in [2.05, 4.69) is 170 Å². The lowest BCUT2D eigenvalue weighted by Crippen LogP contribution is -1.91. The molecule has 51 heavy (non-hydrogen) atoms. The van der Waals surface area contributed by atoms with E-state index in [1.807, 2.05) is 12.1 Å². The molecule has 0 spiro atoms. The van der Waals surface area contributed by atoms with Crippen LogP contribution in [0.25, 0.3) is 109 Å². The maximum Gasteiger partial charge on any atom is 0.136 e. The first-order valence-corrected chi connectivity index (χ1v) is 17.6. The Bertz CT molecular complexity index is 3140. The Morgan fingerprint density at radius 2 is 0.686 bits per heavy atom. The van der Waals surface area contributed by atoms with Gasteiger partial charge in [-0.05, 0) is 124 Å². The van der Waals surface area contributed by atoms with Gasteiger partial charge >= 0.3 is 0 Å². The van der Waals surface area contributed by atoms with Crippen LogP contribution < -0.4 is 0 Å². The monoisotopic (exact) mass is 646 g/mol. The molecule has 0 aliphatic rings. The minimum absolute atomic E-state index is 0.927. The molecule has 0 unspecified atom stereocenters. The minimum atomic E-state index is 0.927. The highest BCUT2D eigenvalue weighted by atomic mass is 16.3. The predicted molar refractivity (Wildman–Crippen MR) is 218 cm³/mol. The first-order chi connectivity index (χ1) is 25.3. The SMILES string of the molecule is c1ccc2cc(-c3ccc4cc(-c5c6ccccc6c(-c6ccc7c(ccc8oc9ccccc9c87)c6)c6ccccc56)ccc4c3)ccc2c1. The molecule has 1 nitrogen and oxygen atoms in total. The fourth-order valence-corrected chi connectivity index (χ4v) is 8.41. The maximum absolute atomic E-state index is 6.21. The fourth-order valence-electron chi connectivity index (χ4n) is 8.41. The zero-order valence-electron chi connectivity index (χ0n) is 27.7. The van der Waals surface area contributed by atoms with Crippen molar-refractivity contribution in [2.45, 2.75) is 0 Å². The lowest BCUT2D eigenvalue weighted by atomic mass is 9.85. The molecule has 0 aliphatic heterocycles. The molecule has 0 radical (unpaired) electrons. The molecule has 1 heteroatoms. The summed E-state index contributed by atoms with van der Waals surface area (Å²) in [6.07, 6.45) is 0. The van der Waals surface area contributed by atoms with Gasteiger partial charge in [-0.15, -0.1) is 0 Å². The standard InChI is InChI=1S/C50H30O/c1-2-10-32-27-33(18-17-31(32)9-1)34-19-20-36-29-38(22-21-35(36)28-34)48-41-11-3-5-13-43(41)49(44-14-6-4-12-42(44)48)39-23-25-40-37(30-39)24-26-47-50(40)45-15-7-8-16-46(45)51-47/h1-30H. The Morgan fingerprint density at radius 3 is 1.33 bits per heavy atom. The highest BCUT2D eigenvalue weighted by Crippen LogP contribution is 2.45. The lowest BCUT2D eigenvalue weighted by Gasteiger charge is -2.18. The van der Waals surface area contributed by atoms with Crippen LogP contribution in [0.2, 0.25) is 0 Å². The third-order valence-electron chi connectivity index (χ3n) is 10.8. The smallest absolute Gasteiger partial charge is 0.136 e. The predicted octanol–water partition coefficient (Wildman–Crippen LogP) is 14.4. The van der Waals surface area contributed by atoms with Crippen molar-refractivity contribution < 1.29 is 4.42 Å². The van der Waals surface area contributed by atoms with E-state index >= 15 is 0 Å². The summed E-state index contributed by atoms with van der Waals surface area (Å²) in [5.41, 5.74) is 9.32. The summed E-state index contributed by atoms with van der Waals surface area (Å²) >= 11 is 0. The number of hydrogen-bond donors (Lipinski definition) is 0. The first kappa shape index (κ1) is 28.2. The molecule has 0 amide bonds. The van der Waals surface area contributed by atoms with Crippen LogP contribution in [0.4, 0.5) is 0 Å². The van der Waals surface area contributed by atoms with Crippen LogP contribution in [0.5, 0.6) is 0 Å². The van der Waals surface area contributed by atoms with E-state index in [-0.39, 0.29) is 0 Å². The van der Waals surface area contributed by atoms with E-state index in [9.17, 15) is 0 Å². The topological polar surface area (TPSA) is 13.1 Å². The molecule has 0 saturated carbocycles. The summed E-state index contributed by atoms with van der Waals surface area (Å²) in [5, 5.41) is 14.8. The molecule has 0 aliphatic carbocycles. The Labute approximate surface area is 294 Å². The van der Waals surface area contributed by atoms with Crippen molar-refractivity contribution in [2.24, 2.45) is 0 Å². The molecule has 10 aromatic carbocycles. The van der Waals surface area contributed by atoms with Crippen LogP contribution in [0, 0.1) is 0 Å². The average molecular weight is 647 g/mol. The van der Waals surface area contributed by atoms with Gasteiger partial charge in [-0.2, -0.15) is 0 Å². The number of rotatable bonds is 3. The average Bonchev–Trinajstić information content (AvgIpc) is 3.58. The van der Waals surface area contributed by atoms with Crippen molar-refractivity contribution >= 4 is 75.8 Å². The van der Waals surface area contributed by atoms with Crippen LogP contribution in [-0.2, 0) is 0 Å². The van der Waals surface area contributed by atoms with Crippen LogP contribution in [-0.4, -0.2) is 0 Å². The van der Waals surface area contributed by atoms with E-state index in [4.69, 9.17) is 4.42 Å². The maximum atomic E-state index is 6.21. The number of para-hydroxylation sites is 1. The second-order valence-corrected chi connectivity index (χ2v) is 13.7. The molecule has 0 bridgehead atoms. The van der Waals surface area contributed by atoms with Gasteiger partial charge in [-0.3, -0.25) is 0 Å². The van der Waals surface area contributed by atoms with Gasteiger partial charge in [0.15, 0.2) is 0 Å². The summed E-state index contributed by atoms with van der Waals surface area (Å²) in [6, 6.07) is 66.5. The molecule has 1 aromatic heterocycles. The second kappa shape index (κ2) is 10.9. The van der Waals surface area contributed by atoms with Crippen LogP contribution in [0.15, 0.2) is 186 Å². The van der Waals surface area contributed by atoms with E-state index < -0.39 is 0 Å². The third kappa shape index (κ3) is 4.35. The number of furan rings is 1. The van der Waals surface area contributed by atoms with E-state index in [0.29, 0.717) is 0 Å². The van der Waals surface area contributed by atoms with Crippen molar-refractivity contribution in [3.05, 3.63) is 182 Å². The normalized spacial score (nSPS) is 11.9. The molecule has 236 valence electrons. The molecule has 11 rings (SSSR count). The summed E-state index contributed by atoms with van der Waals surface area (Å²) in [5.74, 6) is 0. The molecule has 0 saturated heterocycles. The fraction of sp³-hybridized carbons (Fsp3) is 0. The van der Waals surface area contributed by atoms with Crippen molar-refractivity contribution in [3.8, 4) is 33.4 Å². The molecule has 0 atom stereocenters. The highest BCUT2D eigenvalue weighted by Gasteiger charge is 2.18. The van der Waals surface area contributed by atoms with Crippen molar-refractivity contribution in [1.29, 1.82) is 0 Å². The zero-order chi connectivity index (χ0) is 33.5. The quantitative estimate of drug-likeness (QED) is 0.174. The van der Waals surface area contributed by atoms with Crippen LogP contribution in [0.1, 0.15) is 0 Å². The van der Waals surface area contributed by atoms with Crippen molar-refractivity contribution in [2.75, 3.05) is 0 Å². The second-order valence-electron chi connectivity index (χ2n) is 13.7. The zero-order valence-corrected chi connectivity index (χ0v) is 27.7. The van der Waals surface area contributed by atoms with Crippen molar-refractivity contribution in [1.82, 2.24) is 0 Å². The molecular weight excluding hydrogens is 617 g/mol. The summed E-state index contributed by atoms with van der Waals surface area (Å²) in [4.78, 5) is 0. The van der Waals surface area contributed by atoms with Gasteiger partial charge in [0.05, 0.1) is 0 Å². The molecule has 1 heterocycles. The van der Waals surface area contributed by atoms with Gasteiger partial charge < -0.3 is 4.42 Å². The van der Waals surface area contributed by atoms with E-state index in [0.717, 1.165) is 16.6 Å². The minimum Gasteiger partial charge on any atom is -0.456 e. The van der Waals surface area contributed by atoms with Gasteiger partial charge in [0.25, 0.3) is 0 Å². The van der Waals surface area contributed by atoms with Gasteiger partial charge in [0.2, 0.25) is 0 Å². The molecule has 11 aromatic rings. The highest BCUT2D eigenvalue weighted by molar-refractivity contribution is 6.23. The molecule has 0 N–H and O–H groups in total. The number of fused-ring (bicyclic) bond motifs is 9. The van der Waals surface area contributed by atoms with E-state index in [1.54, 1.807) is 0 Å². The van der Waals surface area contributed by atoms with Crippen molar-refractivity contribution in [3.63, 3.8) is 0 Å². The summed E-state index contributed by atoms with van der Waals surface area (Å²) < 4.78 is 6.21. The lowest BCUT2D eigenvalue weighted by molar-refractivity contribution is 0.669. The van der Waals surface area contributed by atoms with E-state index in [1.165, 1.54) is 92.6 Å². The number of hydrogen-bond acceptors (Lipinski definition) is 1. The van der Waals surface area contributed by atoms with Crippen LogP contribution in [0.3, 0.4) is 0 Å². The Kier molecular flexibility index (Phi) is 6.02. The Morgan fingerprint density at radius 1 is 0.255 bits per heavy atom. The summed E-state index contributed by atoms with van der Waals surface area (Å²) in [6.45, 7) is 0. The first-order valence-electron chi connectivity index (χ1n) is 17.6. The van der Waals surface area contributed by atoms with Gasteiger partial charge in [0, 0.05) is 10.8 Å². The summed E-state index contributed by atoms with van der Waals surface area (Å²) in [7, 11) is 0. The van der Waals surface area contributed by atoms with Gasteiger partial charge in [-0.25, -0.2) is 0 Å². The van der Waals surface area contributed by atoms with Gasteiger partial charge in [0.1, 0.15) is 11.2 Å². The Balaban J connectivity index is 1.08. The molecular formula is C50H30O. The Hall–Kier alpha value is -6.70. The van der Waals surface area contributed by atoms with Crippen LogP contribution >= 0.6 is 0 Å².